The summed E-state index contributed by atoms with van der Waals surface area (Å²) in [4.78, 5) is 14.6. The summed E-state index contributed by atoms with van der Waals surface area (Å²) in [6.45, 7) is 4.07. The van der Waals surface area contributed by atoms with Gasteiger partial charge < -0.3 is 19.6 Å². The lowest BCUT2D eigenvalue weighted by molar-refractivity contribution is -0.137. The second kappa shape index (κ2) is 6.05. The standard InChI is InChI=1S/C10H20N2O3/c1-11(4-3-10(13)14)7-9-8-12(2)5-6-15-9/h9H,3-8H2,1-2H3,(H,13,14). The number of nitrogens with zero attached hydrogens (tertiary/aromatic N) is 2. The van der Waals surface area contributed by atoms with Gasteiger partial charge >= 0.3 is 5.97 Å². The van der Waals surface area contributed by atoms with E-state index in [9.17, 15) is 4.79 Å². The Hall–Kier alpha value is -0.650. The minimum atomic E-state index is -0.747. The van der Waals surface area contributed by atoms with Gasteiger partial charge in [-0.1, -0.05) is 0 Å². The van der Waals surface area contributed by atoms with E-state index < -0.39 is 5.97 Å². The maximum Gasteiger partial charge on any atom is 0.304 e. The van der Waals surface area contributed by atoms with E-state index in [0.717, 1.165) is 26.2 Å². The van der Waals surface area contributed by atoms with E-state index in [1.54, 1.807) is 0 Å². The van der Waals surface area contributed by atoms with Crippen LogP contribution in [0.1, 0.15) is 6.42 Å². The topological polar surface area (TPSA) is 53.0 Å². The monoisotopic (exact) mass is 216 g/mol. The summed E-state index contributed by atoms with van der Waals surface area (Å²) in [5, 5.41) is 8.54. The van der Waals surface area contributed by atoms with Crippen molar-refractivity contribution in [2.45, 2.75) is 12.5 Å². The van der Waals surface area contributed by atoms with Gasteiger partial charge in [0.2, 0.25) is 0 Å². The van der Waals surface area contributed by atoms with Crippen molar-refractivity contribution in [3.05, 3.63) is 0 Å². The molecule has 0 bridgehead atoms. The molecule has 0 aliphatic carbocycles. The summed E-state index contributed by atoms with van der Waals surface area (Å²) < 4.78 is 5.60. The molecule has 1 aliphatic heterocycles. The van der Waals surface area contributed by atoms with E-state index >= 15 is 0 Å². The van der Waals surface area contributed by atoms with Crippen LogP contribution in [-0.4, -0.2) is 73.9 Å². The predicted molar refractivity (Wildman–Crippen MR) is 57.0 cm³/mol. The molecule has 1 atom stereocenters. The molecule has 1 unspecified atom stereocenters. The Balaban J connectivity index is 2.18. The average molecular weight is 216 g/mol. The fraction of sp³-hybridized carbons (Fsp3) is 0.900. The molecular formula is C10H20N2O3. The Kier molecular flexibility index (Phi) is 5.01. The number of aliphatic carboxylic acids is 1. The zero-order chi connectivity index (χ0) is 11.3. The molecule has 0 spiro atoms. The molecule has 0 aromatic heterocycles. The highest BCUT2D eigenvalue weighted by Crippen LogP contribution is 2.04. The van der Waals surface area contributed by atoms with Gasteiger partial charge in [-0.05, 0) is 14.1 Å². The first-order valence-corrected chi connectivity index (χ1v) is 5.28. The van der Waals surface area contributed by atoms with Gasteiger partial charge in [0.1, 0.15) is 0 Å². The molecule has 0 saturated carbocycles. The molecule has 1 saturated heterocycles. The Morgan fingerprint density at radius 1 is 1.67 bits per heavy atom. The van der Waals surface area contributed by atoms with Crippen LogP contribution in [0.3, 0.4) is 0 Å². The lowest BCUT2D eigenvalue weighted by Crippen LogP contribution is -2.45. The number of carbonyl (C=O) groups is 1. The molecule has 0 aromatic carbocycles. The number of likely N-dealkylation sites (N-methyl/N-ethyl adjacent to an activating group) is 2. The first-order chi connectivity index (χ1) is 7.08. The van der Waals surface area contributed by atoms with Crippen LogP contribution in [0.4, 0.5) is 0 Å². The van der Waals surface area contributed by atoms with Gasteiger partial charge in [-0.25, -0.2) is 0 Å². The van der Waals surface area contributed by atoms with E-state index in [1.165, 1.54) is 0 Å². The number of carboxylic acid groups (broad SMARTS) is 1. The van der Waals surface area contributed by atoms with E-state index in [2.05, 4.69) is 11.9 Å². The second-order valence-corrected chi connectivity index (χ2v) is 4.16. The highest BCUT2D eigenvalue weighted by atomic mass is 16.5. The number of rotatable bonds is 5. The third kappa shape index (κ3) is 5.11. The molecule has 0 radical (unpaired) electrons. The van der Waals surface area contributed by atoms with Crippen molar-refractivity contribution in [1.29, 1.82) is 0 Å². The van der Waals surface area contributed by atoms with Crippen molar-refractivity contribution in [3.63, 3.8) is 0 Å². The maximum atomic E-state index is 10.4. The van der Waals surface area contributed by atoms with Gasteiger partial charge in [0.05, 0.1) is 19.1 Å². The van der Waals surface area contributed by atoms with E-state index in [1.807, 2.05) is 11.9 Å². The molecule has 88 valence electrons. The predicted octanol–water partition coefficient (Wildman–Crippen LogP) is -0.276. The molecule has 1 rings (SSSR count). The van der Waals surface area contributed by atoms with Crippen molar-refractivity contribution in [3.8, 4) is 0 Å². The Labute approximate surface area is 90.6 Å². The zero-order valence-corrected chi connectivity index (χ0v) is 9.48. The molecule has 0 aromatic rings. The van der Waals surface area contributed by atoms with Crippen LogP contribution in [0, 0.1) is 0 Å². The largest absolute Gasteiger partial charge is 0.481 e. The second-order valence-electron chi connectivity index (χ2n) is 4.16. The summed E-state index contributed by atoms with van der Waals surface area (Å²) in [5.74, 6) is -0.747. The van der Waals surface area contributed by atoms with Crippen LogP contribution in [0.2, 0.25) is 0 Å². The van der Waals surface area contributed by atoms with Gasteiger partial charge in [-0.15, -0.1) is 0 Å². The van der Waals surface area contributed by atoms with E-state index in [0.29, 0.717) is 6.54 Å². The van der Waals surface area contributed by atoms with Crippen LogP contribution in [0.25, 0.3) is 0 Å². The third-order valence-corrected chi connectivity index (χ3v) is 2.56. The number of morpholine rings is 1. The highest BCUT2D eigenvalue weighted by Gasteiger charge is 2.19. The van der Waals surface area contributed by atoms with Crippen molar-refractivity contribution < 1.29 is 14.6 Å². The lowest BCUT2D eigenvalue weighted by Gasteiger charge is -2.32. The first-order valence-electron chi connectivity index (χ1n) is 5.28. The average Bonchev–Trinajstić information content (AvgIpc) is 2.15. The molecule has 1 N–H and O–H groups in total. The molecule has 1 aliphatic rings. The Morgan fingerprint density at radius 2 is 2.40 bits per heavy atom. The summed E-state index contributed by atoms with van der Waals surface area (Å²) >= 11 is 0. The summed E-state index contributed by atoms with van der Waals surface area (Å²) in [6, 6.07) is 0. The first kappa shape index (κ1) is 12.4. The molecule has 5 heteroatoms. The molecular weight excluding hydrogens is 196 g/mol. The maximum absolute atomic E-state index is 10.4. The zero-order valence-electron chi connectivity index (χ0n) is 9.48. The minimum Gasteiger partial charge on any atom is -0.481 e. The number of hydrogen-bond acceptors (Lipinski definition) is 4. The number of ether oxygens (including phenoxy) is 1. The van der Waals surface area contributed by atoms with Crippen molar-refractivity contribution in [2.75, 3.05) is 46.9 Å². The van der Waals surface area contributed by atoms with Crippen LogP contribution in [0.5, 0.6) is 0 Å². The number of carboxylic acids is 1. The lowest BCUT2D eigenvalue weighted by atomic mass is 10.2. The highest BCUT2D eigenvalue weighted by molar-refractivity contribution is 5.66. The third-order valence-electron chi connectivity index (χ3n) is 2.56. The fourth-order valence-corrected chi connectivity index (χ4v) is 1.70. The molecule has 5 nitrogen and oxygen atoms in total. The smallest absolute Gasteiger partial charge is 0.304 e. The molecule has 15 heavy (non-hydrogen) atoms. The Morgan fingerprint density at radius 3 is 3.00 bits per heavy atom. The Bertz CT molecular complexity index is 211. The van der Waals surface area contributed by atoms with Crippen molar-refractivity contribution >= 4 is 5.97 Å². The van der Waals surface area contributed by atoms with Crippen molar-refractivity contribution in [2.24, 2.45) is 0 Å². The van der Waals surface area contributed by atoms with Crippen LogP contribution < -0.4 is 0 Å². The minimum absolute atomic E-state index is 0.194. The quantitative estimate of drug-likeness (QED) is 0.685. The normalized spacial score (nSPS) is 23.3. The van der Waals surface area contributed by atoms with Gasteiger partial charge in [-0.3, -0.25) is 4.79 Å². The SMILES string of the molecule is CN1CCOC(CN(C)CCC(=O)O)C1. The van der Waals surface area contributed by atoms with Gasteiger partial charge in [0, 0.05) is 26.2 Å². The summed E-state index contributed by atoms with van der Waals surface area (Å²) in [6.07, 6.45) is 0.404. The summed E-state index contributed by atoms with van der Waals surface area (Å²) in [7, 11) is 4.01. The van der Waals surface area contributed by atoms with Crippen molar-refractivity contribution in [1.82, 2.24) is 9.80 Å². The van der Waals surface area contributed by atoms with Gasteiger partial charge in [0.15, 0.2) is 0 Å². The van der Waals surface area contributed by atoms with Gasteiger partial charge in [0.25, 0.3) is 0 Å². The van der Waals surface area contributed by atoms with E-state index in [4.69, 9.17) is 9.84 Å². The fourth-order valence-electron chi connectivity index (χ4n) is 1.70. The van der Waals surface area contributed by atoms with E-state index in [-0.39, 0.29) is 12.5 Å². The molecule has 0 amide bonds. The summed E-state index contributed by atoms with van der Waals surface area (Å²) in [5.41, 5.74) is 0. The van der Waals surface area contributed by atoms with Crippen LogP contribution in [-0.2, 0) is 9.53 Å². The van der Waals surface area contributed by atoms with Crippen LogP contribution in [0.15, 0.2) is 0 Å². The van der Waals surface area contributed by atoms with Gasteiger partial charge in [-0.2, -0.15) is 0 Å². The molecule has 1 heterocycles. The van der Waals surface area contributed by atoms with Crippen LogP contribution >= 0.6 is 0 Å². The molecule has 1 fully saturated rings. The number of hydrogen-bond donors (Lipinski definition) is 1.